The number of rotatable bonds is 6. The van der Waals surface area contributed by atoms with Crippen molar-refractivity contribution in [1.29, 1.82) is 0 Å². The average molecular weight is 426 g/mol. The van der Waals surface area contributed by atoms with Gasteiger partial charge in [0.2, 0.25) is 0 Å². The Morgan fingerprint density at radius 2 is 1.97 bits per heavy atom. The fourth-order valence-electron chi connectivity index (χ4n) is 3.00. The van der Waals surface area contributed by atoms with Gasteiger partial charge in [0.15, 0.2) is 16.6 Å². The fourth-order valence-corrected chi connectivity index (χ4v) is 3.28. The molecule has 0 spiro atoms. The van der Waals surface area contributed by atoms with Crippen molar-refractivity contribution >= 4 is 40.9 Å². The maximum Gasteiger partial charge on any atom is 0.270 e. The van der Waals surface area contributed by atoms with Gasteiger partial charge in [0.05, 0.1) is 12.3 Å². The number of nitrogens with one attached hydrogen (secondary N) is 1. The number of phenols is 1. The second kappa shape index (κ2) is 8.87. The van der Waals surface area contributed by atoms with Gasteiger partial charge in [-0.15, -0.1) is 6.58 Å². The van der Waals surface area contributed by atoms with Crippen LogP contribution in [0.2, 0.25) is 0 Å². The highest BCUT2D eigenvalue weighted by Crippen LogP contribution is 2.33. The number of carbonyl (C=O) groups is 2. The molecule has 1 saturated heterocycles. The van der Waals surface area contributed by atoms with Gasteiger partial charge in [-0.1, -0.05) is 6.08 Å². The van der Waals surface area contributed by atoms with Crippen LogP contribution in [0.25, 0.3) is 6.08 Å². The van der Waals surface area contributed by atoms with Gasteiger partial charge in [-0.3, -0.25) is 19.8 Å². The summed E-state index contributed by atoms with van der Waals surface area (Å²) in [4.78, 5) is 26.6. The highest BCUT2D eigenvalue weighted by molar-refractivity contribution is 7.80. The molecule has 2 amide bonds. The summed E-state index contributed by atoms with van der Waals surface area (Å²) in [5.74, 6) is -1.55. The summed E-state index contributed by atoms with van der Waals surface area (Å²) in [6, 6.07) is 8.35. The first-order valence-corrected chi connectivity index (χ1v) is 9.53. The molecule has 0 radical (unpaired) electrons. The molecule has 0 bridgehead atoms. The molecule has 3 rings (SSSR count). The molecular weight excluding hydrogens is 407 g/mol. The molecule has 2 aromatic rings. The van der Waals surface area contributed by atoms with Crippen LogP contribution in [0.3, 0.4) is 0 Å². The molecule has 0 aliphatic carbocycles. The summed E-state index contributed by atoms with van der Waals surface area (Å²) >= 11 is 5.13. The van der Waals surface area contributed by atoms with Crippen molar-refractivity contribution in [3.63, 3.8) is 0 Å². The minimum atomic E-state index is -0.653. The van der Waals surface area contributed by atoms with E-state index in [0.717, 1.165) is 4.90 Å². The topological polar surface area (TPSA) is 78.9 Å². The summed E-state index contributed by atoms with van der Waals surface area (Å²) in [7, 11) is 0. The van der Waals surface area contributed by atoms with Crippen molar-refractivity contribution in [1.82, 2.24) is 5.32 Å². The van der Waals surface area contributed by atoms with Crippen LogP contribution in [0.5, 0.6) is 11.5 Å². The van der Waals surface area contributed by atoms with E-state index in [1.54, 1.807) is 19.1 Å². The van der Waals surface area contributed by atoms with E-state index in [1.807, 2.05) is 0 Å². The second-order valence-corrected chi connectivity index (χ2v) is 6.77. The lowest BCUT2D eigenvalue weighted by atomic mass is 10.0. The van der Waals surface area contributed by atoms with Crippen LogP contribution in [0.15, 0.2) is 54.6 Å². The van der Waals surface area contributed by atoms with Crippen LogP contribution in [-0.2, 0) is 16.0 Å². The van der Waals surface area contributed by atoms with E-state index in [4.69, 9.17) is 17.0 Å². The number of phenolic OH excluding ortho intramolecular Hbond substituents is 1. The number of nitrogens with zero attached hydrogens (tertiary/aromatic N) is 1. The normalized spacial score (nSPS) is 15.3. The second-order valence-electron chi connectivity index (χ2n) is 6.39. The molecule has 154 valence electrons. The molecule has 6 nitrogen and oxygen atoms in total. The van der Waals surface area contributed by atoms with Crippen LogP contribution >= 0.6 is 12.2 Å². The molecule has 1 fully saturated rings. The molecule has 0 atom stereocenters. The van der Waals surface area contributed by atoms with Crippen molar-refractivity contribution in [2.45, 2.75) is 13.3 Å². The molecule has 1 heterocycles. The molecule has 1 aliphatic heterocycles. The number of hydrogen-bond acceptors (Lipinski definition) is 5. The van der Waals surface area contributed by atoms with Gasteiger partial charge in [0, 0.05) is 5.56 Å². The SMILES string of the molecule is C=CCc1cc(/C=C2/C(=O)NC(=S)N(c3ccc(F)cc3)C2=O)cc(OCC)c1O. The number of allylic oxidation sites excluding steroid dienone is 1. The molecule has 1 aliphatic rings. The third kappa shape index (κ3) is 4.23. The molecule has 2 aromatic carbocycles. The number of carbonyl (C=O) groups excluding carboxylic acids is 2. The fraction of sp³-hybridized carbons (Fsp3) is 0.136. The van der Waals surface area contributed by atoms with Gasteiger partial charge in [-0.2, -0.15) is 0 Å². The predicted molar refractivity (Wildman–Crippen MR) is 116 cm³/mol. The van der Waals surface area contributed by atoms with Crippen molar-refractivity contribution in [2.75, 3.05) is 11.5 Å². The Morgan fingerprint density at radius 1 is 1.27 bits per heavy atom. The zero-order chi connectivity index (χ0) is 21.8. The molecule has 0 saturated carbocycles. The van der Waals surface area contributed by atoms with E-state index >= 15 is 0 Å². The van der Waals surface area contributed by atoms with Gasteiger partial charge in [0.1, 0.15) is 11.4 Å². The maximum absolute atomic E-state index is 13.3. The smallest absolute Gasteiger partial charge is 0.270 e. The number of ether oxygens (including phenoxy) is 1. The lowest BCUT2D eigenvalue weighted by Gasteiger charge is -2.29. The zero-order valence-corrected chi connectivity index (χ0v) is 17.0. The molecule has 8 heteroatoms. The summed E-state index contributed by atoms with van der Waals surface area (Å²) in [5.41, 5.74) is 1.19. The van der Waals surface area contributed by atoms with Gasteiger partial charge in [-0.05, 0) is 73.6 Å². The Labute approximate surface area is 178 Å². The van der Waals surface area contributed by atoms with E-state index in [-0.39, 0.29) is 22.2 Å². The monoisotopic (exact) mass is 426 g/mol. The van der Waals surface area contributed by atoms with E-state index in [1.165, 1.54) is 36.4 Å². The zero-order valence-electron chi connectivity index (χ0n) is 16.1. The van der Waals surface area contributed by atoms with Crippen LogP contribution in [0.1, 0.15) is 18.1 Å². The molecule has 2 N–H and O–H groups in total. The number of amides is 2. The Balaban J connectivity index is 2.05. The number of halogens is 1. The summed E-state index contributed by atoms with van der Waals surface area (Å²) < 4.78 is 18.7. The van der Waals surface area contributed by atoms with E-state index < -0.39 is 17.6 Å². The number of aromatic hydroxyl groups is 1. The maximum atomic E-state index is 13.3. The number of thiocarbonyl (C=S) groups is 1. The first kappa shape index (κ1) is 21.2. The highest BCUT2D eigenvalue weighted by atomic mass is 32.1. The lowest BCUT2D eigenvalue weighted by Crippen LogP contribution is -2.54. The Morgan fingerprint density at radius 3 is 2.60 bits per heavy atom. The summed E-state index contributed by atoms with van der Waals surface area (Å²) in [5, 5.41) is 12.7. The van der Waals surface area contributed by atoms with Gasteiger partial charge in [0.25, 0.3) is 11.8 Å². The van der Waals surface area contributed by atoms with E-state index in [0.29, 0.717) is 29.8 Å². The highest BCUT2D eigenvalue weighted by Gasteiger charge is 2.34. The van der Waals surface area contributed by atoms with Gasteiger partial charge in [-0.25, -0.2) is 4.39 Å². The van der Waals surface area contributed by atoms with Crippen molar-refractivity contribution in [3.8, 4) is 11.5 Å². The van der Waals surface area contributed by atoms with E-state index in [9.17, 15) is 19.1 Å². The van der Waals surface area contributed by atoms with E-state index in [2.05, 4.69) is 11.9 Å². The lowest BCUT2D eigenvalue weighted by molar-refractivity contribution is -0.122. The third-order valence-corrected chi connectivity index (χ3v) is 4.62. The van der Waals surface area contributed by atoms with Crippen LogP contribution in [0.4, 0.5) is 10.1 Å². The Hall–Kier alpha value is -3.52. The number of benzene rings is 2. The summed E-state index contributed by atoms with van der Waals surface area (Å²) in [6.07, 6.45) is 3.38. The predicted octanol–water partition coefficient (Wildman–Crippen LogP) is 3.49. The van der Waals surface area contributed by atoms with Crippen LogP contribution < -0.4 is 15.0 Å². The molecule has 0 aromatic heterocycles. The van der Waals surface area contributed by atoms with Gasteiger partial charge < -0.3 is 9.84 Å². The molecule has 30 heavy (non-hydrogen) atoms. The largest absolute Gasteiger partial charge is 0.504 e. The molecule has 0 unspecified atom stereocenters. The Bertz CT molecular complexity index is 1060. The van der Waals surface area contributed by atoms with Crippen molar-refractivity contribution in [2.24, 2.45) is 0 Å². The average Bonchev–Trinajstić information content (AvgIpc) is 2.70. The van der Waals surface area contributed by atoms with Crippen molar-refractivity contribution < 1.29 is 23.8 Å². The van der Waals surface area contributed by atoms with Crippen molar-refractivity contribution in [3.05, 3.63) is 71.6 Å². The minimum absolute atomic E-state index is 0.0209. The first-order valence-electron chi connectivity index (χ1n) is 9.12. The number of anilines is 1. The summed E-state index contributed by atoms with van der Waals surface area (Å²) in [6.45, 7) is 5.77. The Kier molecular flexibility index (Phi) is 6.27. The first-order chi connectivity index (χ1) is 14.3. The minimum Gasteiger partial charge on any atom is -0.504 e. The quantitative estimate of drug-likeness (QED) is 0.320. The standard InChI is InChI=1S/C22H19FN2O4S/c1-3-5-14-10-13(12-18(19(14)26)29-4-2)11-17-20(27)24-22(30)25(21(17)28)16-8-6-15(23)7-9-16/h3,6-12,26H,1,4-5H2,2H3,(H,24,27,30)/b17-11-. The number of hydrogen-bond donors (Lipinski definition) is 2. The van der Waals surface area contributed by atoms with Crippen LogP contribution in [0, 0.1) is 5.82 Å². The third-order valence-electron chi connectivity index (χ3n) is 4.34. The molecular formula is C22H19FN2O4S. The van der Waals surface area contributed by atoms with Crippen LogP contribution in [-0.4, -0.2) is 28.6 Å². The van der Waals surface area contributed by atoms with Gasteiger partial charge >= 0.3 is 0 Å².